The molecule has 11 heteroatoms. The van der Waals surface area contributed by atoms with Crippen molar-refractivity contribution in [3.63, 3.8) is 0 Å². The van der Waals surface area contributed by atoms with E-state index in [-0.39, 0.29) is 9.90 Å². The van der Waals surface area contributed by atoms with Gasteiger partial charge in [-0.25, -0.2) is 8.42 Å². The van der Waals surface area contributed by atoms with Crippen molar-refractivity contribution < 1.29 is 18.3 Å². The Morgan fingerprint density at radius 1 is 1.09 bits per heavy atom. The molecule has 0 aliphatic carbocycles. The van der Waals surface area contributed by atoms with Gasteiger partial charge in [-0.2, -0.15) is 0 Å². The zero-order valence-corrected chi connectivity index (χ0v) is 12.7. The van der Waals surface area contributed by atoms with E-state index in [1.807, 2.05) is 0 Å². The normalized spacial score (nSPS) is 11.1. The number of hydrogen-bond donors (Lipinski definition) is 1. The highest BCUT2D eigenvalue weighted by Gasteiger charge is 2.24. The number of nitrogens with zero attached hydrogens (tertiary/aromatic N) is 2. The Bertz CT molecular complexity index is 858. The number of thiophene rings is 1. The van der Waals surface area contributed by atoms with E-state index in [0.29, 0.717) is 6.07 Å². The van der Waals surface area contributed by atoms with E-state index in [2.05, 4.69) is 4.72 Å². The SMILES string of the molecule is Cc1ccc(S(=O)(=O)Nc2ccc([N+](=O)[O-])cc2[N+](=O)[O-])s1. The minimum Gasteiger partial charge on any atom is -0.272 e. The molecule has 0 atom stereocenters. The Morgan fingerprint density at radius 2 is 1.77 bits per heavy atom. The van der Waals surface area contributed by atoms with E-state index in [9.17, 15) is 28.6 Å². The molecule has 0 aliphatic rings. The van der Waals surface area contributed by atoms with Crippen LogP contribution in [-0.4, -0.2) is 18.3 Å². The fourth-order valence-electron chi connectivity index (χ4n) is 1.62. The molecule has 1 heterocycles. The predicted molar refractivity (Wildman–Crippen MR) is 79.6 cm³/mol. The molecule has 0 bridgehead atoms. The Kier molecular flexibility index (Phi) is 4.10. The minimum atomic E-state index is -3.99. The van der Waals surface area contributed by atoms with Crippen LogP contribution in [0.2, 0.25) is 0 Å². The number of benzene rings is 1. The average molecular weight is 343 g/mol. The zero-order valence-electron chi connectivity index (χ0n) is 11.0. The number of nitrogens with one attached hydrogen (secondary N) is 1. The van der Waals surface area contributed by atoms with Crippen LogP contribution in [0.1, 0.15) is 4.88 Å². The van der Waals surface area contributed by atoms with Crippen molar-refractivity contribution in [1.82, 2.24) is 0 Å². The first-order valence-electron chi connectivity index (χ1n) is 5.73. The molecule has 0 aliphatic heterocycles. The van der Waals surface area contributed by atoms with E-state index in [0.717, 1.165) is 28.3 Å². The van der Waals surface area contributed by atoms with Crippen LogP contribution in [0.15, 0.2) is 34.5 Å². The molecule has 0 radical (unpaired) electrons. The fourth-order valence-corrected chi connectivity index (χ4v) is 3.98. The largest absolute Gasteiger partial charge is 0.300 e. The fraction of sp³-hybridized carbons (Fsp3) is 0.0909. The van der Waals surface area contributed by atoms with Crippen molar-refractivity contribution in [3.05, 3.63) is 55.4 Å². The van der Waals surface area contributed by atoms with Crippen molar-refractivity contribution in [2.24, 2.45) is 0 Å². The summed E-state index contributed by atoms with van der Waals surface area (Å²) in [6.07, 6.45) is 0. The third kappa shape index (κ3) is 3.20. The van der Waals surface area contributed by atoms with Gasteiger partial charge in [0.1, 0.15) is 9.90 Å². The number of nitro groups is 2. The molecule has 2 aromatic rings. The van der Waals surface area contributed by atoms with Crippen LogP contribution in [-0.2, 0) is 10.0 Å². The van der Waals surface area contributed by atoms with Gasteiger partial charge in [0.15, 0.2) is 0 Å². The molecule has 1 aromatic carbocycles. The van der Waals surface area contributed by atoms with Gasteiger partial charge >= 0.3 is 0 Å². The van der Waals surface area contributed by atoms with Crippen LogP contribution in [0.5, 0.6) is 0 Å². The lowest BCUT2D eigenvalue weighted by Gasteiger charge is -2.06. The Morgan fingerprint density at radius 3 is 2.27 bits per heavy atom. The van der Waals surface area contributed by atoms with Gasteiger partial charge in [0.25, 0.3) is 21.4 Å². The van der Waals surface area contributed by atoms with Crippen LogP contribution in [0, 0.1) is 27.2 Å². The van der Waals surface area contributed by atoms with Crippen molar-refractivity contribution in [2.45, 2.75) is 11.1 Å². The molecule has 0 spiro atoms. The molecule has 2 rings (SSSR count). The van der Waals surface area contributed by atoms with Crippen LogP contribution >= 0.6 is 11.3 Å². The van der Waals surface area contributed by atoms with Gasteiger partial charge in [-0.05, 0) is 25.1 Å². The standard InChI is InChI=1S/C11H9N3O6S2/c1-7-2-5-11(21-7)22(19,20)12-9-4-3-8(13(15)16)6-10(9)14(17)18/h2-6,12H,1H3. The number of anilines is 1. The van der Waals surface area contributed by atoms with Crippen LogP contribution in [0.25, 0.3) is 0 Å². The Hall–Kier alpha value is -2.53. The van der Waals surface area contributed by atoms with Gasteiger partial charge in [0, 0.05) is 10.9 Å². The summed E-state index contributed by atoms with van der Waals surface area (Å²) in [5.41, 5.74) is -1.52. The maximum atomic E-state index is 12.2. The second kappa shape index (κ2) is 5.69. The maximum Gasteiger partial charge on any atom is 0.300 e. The molecule has 0 unspecified atom stereocenters. The molecule has 22 heavy (non-hydrogen) atoms. The van der Waals surface area contributed by atoms with Gasteiger partial charge in [-0.3, -0.25) is 25.0 Å². The predicted octanol–water partition coefficient (Wildman–Crippen LogP) is 2.67. The lowest BCUT2D eigenvalue weighted by atomic mass is 10.2. The highest BCUT2D eigenvalue weighted by atomic mass is 32.2. The van der Waals surface area contributed by atoms with Crippen LogP contribution in [0.4, 0.5) is 17.1 Å². The highest BCUT2D eigenvalue weighted by Crippen LogP contribution is 2.31. The van der Waals surface area contributed by atoms with Crippen molar-refractivity contribution >= 4 is 38.4 Å². The number of aryl methyl sites for hydroxylation is 1. The topological polar surface area (TPSA) is 132 Å². The molecule has 9 nitrogen and oxygen atoms in total. The summed E-state index contributed by atoms with van der Waals surface area (Å²) < 4.78 is 26.4. The molecular weight excluding hydrogens is 334 g/mol. The number of hydrogen-bond acceptors (Lipinski definition) is 7. The number of non-ortho nitro benzene ring substituents is 1. The minimum absolute atomic E-state index is 0.00218. The summed E-state index contributed by atoms with van der Waals surface area (Å²) in [5.74, 6) is 0. The number of nitro benzene ring substituents is 2. The summed E-state index contributed by atoms with van der Waals surface area (Å²) in [7, 11) is -3.99. The summed E-state index contributed by atoms with van der Waals surface area (Å²) >= 11 is 1.01. The van der Waals surface area contributed by atoms with Crippen molar-refractivity contribution in [3.8, 4) is 0 Å². The highest BCUT2D eigenvalue weighted by molar-refractivity contribution is 7.94. The first-order chi connectivity index (χ1) is 10.2. The van der Waals surface area contributed by atoms with Gasteiger partial charge in [-0.15, -0.1) is 11.3 Å². The van der Waals surface area contributed by atoms with E-state index in [1.165, 1.54) is 6.07 Å². The Labute approximate surface area is 128 Å². The maximum absolute atomic E-state index is 12.2. The molecule has 116 valence electrons. The summed E-state index contributed by atoms with van der Waals surface area (Å²) in [4.78, 5) is 20.7. The van der Waals surface area contributed by atoms with Gasteiger partial charge < -0.3 is 0 Å². The summed E-state index contributed by atoms with van der Waals surface area (Å²) in [6.45, 7) is 1.72. The molecule has 0 fully saturated rings. The second-order valence-corrected chi connectivity index (χ2v) is 7.38. The summed E-state index contributed by atoms with van der Waals surface area (Å²) in [5, 5.41) is 21.6. The summed E-state index contributed by atoms with van der Waals surface area (Å²) in [6, 6.07) is 5.67. The molecule has 0 saturated heterocycles. The molecule has 1 aromatic heterocycles. The smallest absolute Gasteiger partial charge is 0.272 e. The lowest BCUT2D eigenvalue weighted by molar-refractivity contribution is -0.393. The number of sulfonamides is 1. The van der Waals surface area contributed by atoms with Gasteiger partial charge in [0.2, 0.25) is 0 Å². The van der Waals surface area contributed by atoms with E-state index < -0.39 is 31.2 Å². The first-order valence-corrected chi connectivity index (χ1v) is 8.03. The molecule has 0 amide bonds. The average Bonchev–Trinajstić information content (AvgIpc) is 2.85. The van der Waals surface area contributed by atoms with Gasteiger partial charge in [-0.1, -0.05) is 0 Å². The third-order valence-electron chi connectivity index (χ3n) is 2.61. The van der Waals surface area contributed by atoms with Crippen molar-refractivity contribution in [1.29, 1.82) is 0 Å². The van der Waals surface area contributed by atoms with Gasteiger partial charge in [0.05, 0.1) is 15.9 Å². The Balaban J connectivity index is 2.45. The quantitative estimate of drug-likeness (QED) is 0.655. The van der Waals surface area contributed by atoms with Crippen LogP contribution in [0.3, 0.4) is 0 Å². The molecular formula is C11H9N3O6S2. The monoisotopic (exact) mass is 343 g/mol. The second-order valence-electron chi connectivity index (χ2n) is 4.19. The molecule has 1 N–H and O–H groups in total. The lowest BCUT2D eigenvalue weighted by Crippen LogP contribution is -2.12. The first kappa shape index (κ1) is 15.9. The number of rotatable bonds is 5. The van der Waals surface area contributed by atoms with Crippen molar-refractivity contribution in [2.75, 3.05) is 4.72 Å². The molecule has 0 saturated carbocycles. The van der Waals surface area contributed by atoms with Crippen LogP contribution < -0.4 is 4.72 Å². The van der Waals surface area contributed by atoms with E-state index in [4.69, 9.17) is 0 Å². The third-order valence-corrected chi connectivity index (χ3v) is 5.47. The zero-order chi connectivity index (χ0) is 16.5. The van der Waals surface area contributed by atoms with E-state index >= 15 is 0 Å². The van der Waals surface area contributed by atoms with E-state index in [1.54, 1.807) is 13.0 Å².